The Morgan fingerprint density at radius 3 is 2.50 bits per heavy atom. The van der Waals surface area contributed by atoms with Crippen LogP contribution in [0.5, 0.6) is 0 Å². The Bertz CT molecular complexity index is 671. The minimum absolute atomic E-state index is 0.0543. The van der Waals surface area contributed by atoms with E-state index in [1.54, 1.807) is 18.2 Å². The molecule has 1 aromatic carbocycles. The second-order valence-corrected chi connectivity index (χ2v) is 7.28. The molecule has 2 aromatic rings. The zero-order valence-electron chi connectivity index (χ0n) is 14.4. The number of carbonyl (C=O) groups is 1. The molecule has 2 rings (SSSR count). The van der Waals surface area contributed by atoms with Gasteiger partial charge < -0.3 is 10.5 Å². The first-order chi connectivity index (χ1) is 11.5. The molecule has 5 heteroatoms. The Balaban J connectivity index is 1.86. The minimum atomic E-state index is -0.0809. The Hall–Kier alpha value is -2.01. The van der Waals surface area contributed by atoms with Gasteiger partial charge >= 0.3 is 0 Å². The Labute approximate surface area is 147 Å². The van der Waals surface area contributed by atoms with Crippen molar-refractivity contribution < 1.29 is 9.52 Å². The van der Waals surface area contributed by atoms with E-state index in [1.807, 2.05) is 6.92 Å². The third-order valence-electron chi connectivity index (χ3n) is 3.64. The Morgan fingerprint density at radius 2 is 1.88 bits per heavy atom. The summed E-state index contributed by atoms with van der Waals surface area (Å²) in [5.41, 5.74) is 2.39. The molecule has 1 atom stereocenters. The number of amides is 1. The second-order valence-electron chi connectivity index (χ2n) is 6.28. The van der Waals surface area contributed by atoms with Gasteiger partial charge in [-0.1, -0.05) is 38.1 Å². The van der Waals surface area contributed by atoms with Crippen molar-refractivity contribution in [3.05, 3.63) is 65.0 Å². The van der Waals surface area contributed by atoms with Crippen molar-refractivity contribution in [1.82, 2.24) is 5.32 Å². The molecular formula is C19H24N2O2S. The molecule has 0 aliphatic carbocycles. The number of thioether (sulfide) groups is 1. The topological polar surface area (TPSA) is 56.0 Å². The van der Waals surface area contributed by atoms with Crippen molar-refractivity contribution in [2.45, 2.75) is 38.3 Å². The number of nitrogens with one attached hydrogen (secondary N) is 1. The van der Waals surface area contributed by atoms with Crippen LogP contribution in [-0.2, 0) is 11.2 Å². The van der Waals surface area contributed by atoms with Crippen LogP contribution in [0.25, 0.3) is 0 Å². The lowest BCUT2D eigenvalue weighted by Crippen LogP contribution is -2.31. The smallest absolute Gasteiger partial charge is 0.251 e. The number of aromatic nitrogens is 1. The Morgan fingerprint density at radius 1 is 1.17 bits per heavy atom. The summed E-state index contributed by atoms with van der Waals surface area (Å²) in [4.78, 5) is 12.1. The number of carbonyl (C=O) groups excluding carboxylic acids is 1. The van der Waals surface area contributed by atoms with Crippen LogP contribution in [0.1, 0.15) is 37.9 Å². The van der Waals surface area contributed by atoms with Crippen molar-refractivity contribution in [3.63, 3.8) is 0 Å². The molecule has 0 aliphatic rings. The lowest BCUT2D eigenvalue weighted by atomic mass is 10.00. The highest BCUT2D eigenvalue weighted by molar-refractivity contribution is 7.99. The summed E-state index contributed by atoms with van der Waals surface area (Å²) < 4.78 is 0.773. The predicted octanol–water partition coefficient (Wildman–Crippen LogP) is 3.49. The van der Waals surface area contributed by atoms with E-state index in [-0.39, 0.29) is 17.7 Å². The molecule has 0 radical (unpaired) electrons. The summed E-state index contributed by atoms with van der Waals surface area (Å²) in [6, 6.07) is 13.5. The van der Waals surface area contributed by atoms with Crippen LogP contribution in [-0.4, -0.2) is 11.7 Å². The number of pyridine rings is 1. The van der Waals surface area contributed by atoms with E-state index < -0.39 is 0 Å². The second kappa shape index (κ2) is 8.73. The molecule has 1 N–H and O–H groups in total. The number of rotatable bonds is 7. The van der Waals surface area contributed by atoms with Gasteiger partial charge in [-0.25, -0.2) is 0 Å². The van der Waals surface area contributed by atoms with Gasteiger partial charge in [0.1, 0.15) is 0 Å². The van der Waals surface area contributed by atoms with Crippen LogP contribution < -0.4 is 10.0 Å². The van der Waals surface area contributed by atoms with Gasteiger partial charge in [0, 0.05) is 12.1 Å². The minimum Gasteiger partial charge on any atom is -0.618 e. The zero-order chi connectivity index (χ0) is 17.5. The van der Waals surface area contributed by atoms with Crippen LogP contribution >= 0.6 is 11.8 Å². The first kappa shape index (κ1) is 18.3. The van der Waals surface area contributed by atoms with E-state index in [2.05, 4.69) is 43.4 Å². The maximum atomic E-state index is 12.1. The number of benzene rings is 1. The molecule has 0 spiro atoms. The van der Waals surface area contributed by atoms with Gasteiger partial charge in [-0.2, -0.15) is 4.73 Å². The molecule has 0 saturated carbocycles. The van der Waals surface area contributed by atoms with Gasteiger partial charge in [-0.3, -0.25) is 4.79 Å². The predicted molar refractivity (Wildman–Crippen MR) is 97.7 cm³/mol. The lowest BCUT2D eigenvalue weighted by Gasteiger charge is -2.15. The molecule has 24 heavy (non-hydrogen) atoms. The summed E-state index contributed by atoms with van der Waals surface area (Å²) in [6.45, 7) is 6.37. The van der Waals surface area contributed by atoms with Crippen LogP contribution in [0.15, 0.2) is 53.7 Å². The first-order valence-electron chi connectivity index (χ1n) is 8.15. The molecule has 0 aliphatic heterocycles. The van der Waals surface area contributed by atoms with Gasteiger partial charge in [0.25, 0.3) is 5.03 Å². The standard InChI is InChI=1S/C19H24N2O2S/c1-14(2)12-16-7-9-17(10-8-16)15(3)20-18(22)13-24-19-6-4-5-11-21(19)23/h4-11,14-15H,12-13H2,1-3H3,(H,20,22). The summed E-state index contributed by atoms with van der Waals surface area (Å²) in [5, 5.41) is 15.0. The third kappa shape index (κ3) is 5.57. The van der Waals surface area contributed by atoms with Gasteiger partial charge in [0.05, 0.1) is 11.8 Å². The first-order valence-corrected chi connectivity index (χ1v) is 9.13. The van der Waals surface area contributed by atoms with Crippen LogP contribution in [0.3, 0.4) is 0 Å². The van der Waals surface area contributed by atoms with E-state index in [0.29, 0.717) is 10.9 Å². The van der Waals surface area contributed by atoms with Crippen molar-refractivity contribution in [2.24, 2.45) is 5.92 Å². The highest BCUT2D eigenvalue weighted by Gasteiger charge is 2.12. The molecule has 4 nitrogen and oxygen atoms in total. The van der Waals surface area contributed by atoms with Crippen molar-refractivity contribution in [3.8, 4) is 0 Å². The van der Waals surface area contributed by atoms with Crippen molar-refractivity contribution in [1.29, 1.82) is 0 Å². The molecule has 1 unspecified atom stereocenters. The van der Waals surface area contributed by atoms with E-state index in [9.17, 15) is 10.0 Å². The fraction of sp³-hybridized carbons (Fsp3) is 0.368. The monoisotopic (exact) mass is 344 g/mol. The summed E-state index contributed by atoms with van der Waals surface area (Å²) in [5.74, 6) is 0.775. The molecular weight excluding hydrogens is 320 g/mol. The van der Waals surface area contributed by atoms with Gasteiger partial charge in [0.2, 0.25) is 5.91 Å². The molecule has 1 aromatic heterocycles. The summed E-state index contributed by atoms with van der Waals surface area (Å²) in [6.07, 6.45) is 2.49. The molecule has 128 valence electrons. The largest absolute Gasteiger partial charge is 0.618 e. The van der Waals surface area contributed by atoms with E-state index >= 15 is 0 Å². The highest BCUT2D eigenvalue weighted by atomic mass is 32.2. The highest BCUT2D eigenvalue weighted by Crippen LogP contribution is 2.17. The van der Waals surface area contributed by atoms with Crippen LogP contribution in [0.4, 0.5) is 0 Å². The fourth-order valence-electron chi connectivity index (χ4n) is 2.44. The normalized spacial score (nSPS) is 12.2. The number of hydrogen-bond donors (Lipinski definition) is 1. The van der Waals surface area contributed by atoms with E-state index in [0.717, 1.165) is 16.7 Å². The molecule has 1 amide bonds. The van der Waals surface area contributed by atoms with Crippen LogP contribution in [0, 0.1) is 11.1 Å². The maximum absolute atomic E-state index is 12.1. The average molecular weight is 344 g/mol. The molecule has 0 fully saturated rings. The molecule has 0 saturated heterocycles. The maximum Gasteiger partial charge on any atom is 0.251 e. The van der Waals surface area contributed by atoms with Crippen molar-refractivity contribution >= 4 is 17.7 Å². The SMILES string of the molecule is CC(C)Cc1ccc(C(C)NC(=O)CSc2cccc[n+]2[O-])cc1. The zero-order valence-corrected chi connectivity index (χ0v) is 15.2. The summed E-state index contributed by atoms with van der Waals surface area (Å²) in [7, 11) is 0. The average Bonchev–Trinajstić information content (AvgIpc) is 2.54. The number of hydrogen-bond acceptors (Lipinski definition) is 3. The third-order valence-corrected chi connectivity index (χ3v) is 4.66. The van der Waals surface area contributed by atoms with Gasteiger partial charge in [-0.05, 0) is 48.2 Å². The van der Waals surface area contributed by atoms with Crippen LogP contribution in [0.2, 0.25) is 0 Å². The van der Waals surface area contributed by atoms with Gasteiger partial charge in [-0.15, -0.1) is 0 Å². The van der Waals surface area contributed by atoms with Crippen molar-refractivity contribution in [2.75, 3.05) is 5.75 Å². The van der Waals surface area contributed by atoms with E-state index in [4.69, 9.17) is 0 Å². The fourth-order valence-corrected chi connectivity index (χ4v) is 3.17. The summed E-state index contributed by atoms with van der Waals surface area (Å²) >= 11 is 1.24. The van der Waals surface area contributed by atoms with E-state index in [1.165, 1.54) is 23.5 Å². The molecule has 0 bridgehead atoms. The lowest BCUT2D eigenvalue weighted by molar-refractivity contribution is -0.645. The van der Waals surface area contributed by atoms with Gasteiger partial charge in [0.15, 0.2) is 6.20 Å². The Kier molecular flexibility index (Phi) is 6.67. The quantitative estimate of drug-likeness (QED) is 0.475. The number of nitrogens with zero attached hydrogens (tertiary/aromatic N) is 1. The molecule has 1 heterocycles.